The van der Waals surface area contributed by atoms with Gasteiger partial charge in [0.05, 0.1) is 25.0 Å². The maximum Gasteiger partial charge on any atom is 0.0728 e. The van der Waals surface area contributed by atoms with Crippen molar-refractivity contribution in [3.8, 4) is 0 Å². The van der Waals surface area contributed by atoms with Gasteiger partial charge in [0.1, 0.15) is 0 Å². The Labute approximate surface area is 103 Å². The quantitative estimate of drug-likeness (QED) is 0.844. The molecule has 0 saturated heterocycles. The first kappa shape index (κ1) is 12.4. The van der Waals surface area contributed by atoms with E-state index in [1.165, 1.54) is 25.7 Å². The maximum absolute atomic E-state index is 8.85. The third-order valence-corrected chi connectivity index (χ3v) is 3.81. The average molecular weight is 237 g/mol. The minimum absolute atomic E-state index is 0.135. The van der Waals surface area contributed by atoms with Crippen LogP contribution in [0.25, 0.3) is 0 Å². The van der Waals surface area contributed by atoms with Crippen LogP contribution in [0.1, 0.15) is 39.5 Å². The predicted molar refractivity (Wildman–Crippen MR) is 69.0 cm³/mol. The van der Waals surface area contributed by atoms with Gasteiger partial charge in [0.15, 0.2) is 0 Å². The highest BCUT2D eigenvalue weighted by atomic mass is 16.3. The molecule has 0 spiro atoms. The second-order valence-corrected chi connectivity index (χ2v) is 5.65. The largest absolute Gasteiger partial charge is 0.394 e. The Morgan fingerprint density at radius 1 is 1.53 bits per heavy atom. The highest BCUT2D eigenvalue weighted by Gasteiger charge is 2.32. The van der Waals surface area contributed by atoms with Crippen LogP contribution in [0.5, 0.6) is 0 Å². The van der Waals surface area contributed by atoms with E-state index in [4.69, 9.17) is 5.11 Å². The van der Waals surface area contributed by atoms with Crippen LogP contribution in [0.4, 0.5) is 5.69 Å². The SMILES string of the molecule is CC1(C)CCCCC1Nc1cnn(CCO)c1. The van der Waals surface area contributed by atoms with E-state index in [9.17, 15) is 0 Å². The zero-order valence-corrected chi connectivity index (χ0v) is 10.8. The molecule has 0 aliphatic heterocycles. The summed E-state index contributed by atoms with van der Waals surface area (Å²) in [6.07, 6.45) is 9.00. The molecule has 1 saturated carbocycles. The lowest BCUT2D eigenvalue weighted by Crippen LogP contribution is -2.38. The summed E-state index contributed by atoms with van der Waals surface area (Å²) in [7, 11) is 0. The van der Waals surface area contributed by atoms with Gasteiger partial charge < -0.3 is 10.4 Å². The number of nitrogens with zero attached hydrogens (tertiary/aromatic N) is 2. The number of hydrogen-bond acceptors (Lipinski definition) is 3. The molecule has 1 atom stereocenters. The minimum Gasteiger partial charge on any atom is -0.394 e. The van der Waals surface area contributed by atoms with Crippen LogP contribution < -0.4 is 5.32 Å². The molecule has 2 N–H and O–H groups in total. The molecular formula is C13H23N3O. The molecule has 0 aromatic carbocycles. The number of aromatic nitrogens is 2. The number of aliphatic hydroxyl groups is 1. The smallest absolute Gasteiger partial charge is 0.0728 e. The van der Waals surface area contributed by atoms with E-state index >= 15 is 0 Å². The normalized spacial score (nSPS) is 23.6. The molecule has 1 aliphatic rings. The lowest BCUT2D eigenvalue weighted by atomic mass is 9.73. The van der Waals surface area contributed by atoms with Crippen molar-refractivity contribution in [3.63, 3.8) is 0 Å². The van der Waals surface area contributed by atoms with Gasteiger partial charge in [-0.15, -0.1) is 0 Å². The van der Waals surface area contributed by atoms with E-state index in [1.54, 1.807) is 4.68 Å². The Morgan fingerprint density at radius 3 is 3.06 bits per heavy atom. The molecule has 1 aliphatic carbocycles. The Morgan fingerprint density at radius 2 is 2.35 bits per heavy atom. The topological polar surface area (TPSA) is 50.1 Å². The molecule has 0 amide bonds. The van der Waals surface area contributed by atoms with E-state index in [0.29, 0.717) is 18.0 Å². The first-order valence-electron chi connectivity index (χ1n) is 6.52. The van der Waals surface area contributed by atoms with Crippen LogP contribution in [0.2, 0.25) is 0 Å². The highest BCUT2D eigenvalue weighted by molar-refractivity contribution is 5.40. The van der Waals surface area contributed by atoms with E-state index < -0.39 is 0 Å². The lowest BCUT2D eigenvalue weighted by Gasteiger charge is -2.39. The fourth-order valence-corrected chi connectivity index (χ4v) is 2.63. The summed E-state index contributed by atoms with van der Waals surface area (Å²) in [5.74, 6) is 0. The van der Waals surface area contributed by atoms with Gasteiger partial charge >= 0.3 is 0 Å². The molecule has 4 nitrogen and oxygen atoms in total. The molecule has 2 rings (SSSR count). The second kappa shape index (κ2) is 5.08. The Bertz CT molecular complexity index is 359. The minimum atomic E-state index is 0.135. The van der Waals surface area contributed by atoms with Gasteiger partial charge in [-0.25, -0.2) is 0 Å². The Hall–Kier alpha value is -1.03. The molecule has 1 fully saturated rings. The standard InChI is InChI=1S/C13H23N3O/c1-13(2)6-4-3-5-12(13)15-11-9-14-16(10-11)7-8-17/h9-10,12,15,17H,3-8H2,1-2H3. The van der Waals surface area contributed by atoms with E-state index in [-0.39, 0.29) is 6.61 Å². The third-order valence-electron chi connectivity index (χ3n) is 3.81. The summed E-state index contributed by atoms with van der Waals surface area (Å²) < 4.78 is 1.78. The summed E-state index contributed by atoms with van der Waals surface area (Å²) in [6, 6.07) is 0.531. The summed E-state index contributed by atoms with van der Waals surface area (Å²) >= 11 is 0. The highest BCUT2D eigenvalue weighted by Crippen LogP contribution is 2.37. The van der Waals surface area contributed by atoms with Crippen molar-refractivity contribution < 1.29 is 5.11 Å². The number of nitrogens with one attached hydrogen (secondary N) is 1. The number of rotatable bonds is 4. The lowest BCUT2D eigenvalue weighted by molar-refractivity contribution is 0.217. The number of aliphatic hydroxyl groups excluding tert-OH is 1. The van der Waals surface area contributed by atoms with E-state index in [1.807, 2.05) is 12.4 Å². The van der Waals surface area contributed by atoms with Gasteiger partial charge in [0.25, 0.3) is 0 Å². The van der Waals surface area contributed by atoms with Gasteiger partial charge in [0, 0.05) is 12.2 Å². The predicted octanol–water partition coefficient (Wildman–Crippen LogP) is 2.26. The van der Waals surface area contributed by atoms with Gasteiger partial charge in [-0.3, -0.25) is 4.68 Å². The van der Waals surface area contributed by atoms with Crippen molar-refractivity contribution in [2.24, 2.45) is 5.41 Å². The molecule has 0 radical (unpaired) electrons. The molecule has 1 aromatic heterocycles. The van der Waals surface area contributed by atoms with Crippen molar-refractivity contribution in [2.45, 2.75) is 52.1 Å². The summed E-state index contributed by atoms with van der Waals surface area (Å²) in [5.41, 5.74) is 1.43. The zero-order valence-electron chi connectivity index (χ0n) is 10.8. The van der Waals surface area contributed by atoms with Crippen molar-refractivity contribution >= 4 is 5.69 Å². The van der Waals surface area contributed by atoms with Crippen molar-refractivity contribution in [1.82, 2.24) is 9.78 Å². The first-order valence-corrected chi connectivity index (χ1v) is 6.52. The van der Waals surface area contributed by atoms with Gasteiger partial charge in [-0.2, -0.15) is 5.10 Å². The van der Waals surface area contributed by atoms with Crippen molar-refractivity contribution in [2.75, 3.05) is 11.9 Å². The summed E-state index contributed by atoms with van der Waals surface area (Å²) in [5, 5.41) is 16.7. The summed E-state index contributed by atoms with van der Waals surface area (Å²) in [4.78, 5) is 0. The third kappa shape index (κ3) is 3.00. The average Bonchev–Trinajstić information content (AvgIpc) is 2.70. The Kier molecular flexibility index (Phi) is 3.72. The molecule has 1 heterocycles. The van der Waals surface area contributed by atoms with Gasteiger partial charge in [-0.1, -0.05) is 26.7 Å². The fourth-order valence-electron chi connectivity index (χ4n) is 2.63. The van der Waals surface area contributed by atoms with Crippen LogP contribution in [-0.2, 0) is 6.54 Å². The van der Waals surface area contributed by atoms with E-state index in [0.717, 1.165) is 5.69 Å². The zero-order chi connectivity index (χ0) is 12.3. The molecule has 17 heavy (non-hydrogen) atoms. The molecule has 1 aromatic rings. The first-order chi connectivity index (χ1) is 8.12. The second-order valence-electron chi connectivity index (χ2n) is 5.65. The summed E-state index contributed by atoms with van der Waals surface area (Å²) in [6.45, 7) is 5.37. The van der Waals surface area contributed by atoms with Crippen LogP contribution in [0, 0.1) is 5.41 Å². The molecule has 96 valence electrons. The monoisotopic (exact) mass is 237 g/mol. The molecule has 1 unspecified atom stereocenters. The fraction of sp³-hybridized carbons (Fsp3) is 0.769. The van der Waals surface area contributed by atoms with Gasteiger partial charge in [0.2, 0.25) is 0 Å². The van der Waals surface area contributed by atoms with E-state index in [2.05, 4.69) is 24.3 Å². The van der Waals surface area contributed by atoms with Crippen molar-refractivity contribution in [3.05, 3.63) is 12.4 Å². The van der Waals surface area contributed by atoms with Crippen molar-refractivity contribution in [1.29, 1.82) is 0 Å². The molecular weight excluding hydrogens is 214 g/mol. The van der Waals surface area contributed by atoms with Crippen LogP contribution in [-0.4, -0.2) is 27.5 Å². The van der Waals surface area contributed by atoms with Gasteiger partial charge in [-0.05, 0) is 18.3 Å². The molecule has 4 heteroatoms. The van der Waals surface area contributed by atoms with Crippen LogP contribution in [0.15, 0.2) is 12.4 Å². The maximum atomic E-state index is 8.85. The Balaban J connectivity index is 1.98. The van der Waals surface area contributed by atoms with Crippen LogP contribution >= 0.6 is 0 Å². The molecule has 0 bridgehead atoms. The number of hydrogen-bond donors (Lipinski definition) is 2. The number of anilines is 1. The van der Waals surface area contributed by atoms with Crippen LogP contribution in [0.3, 0.4) is 0 Å².